The number of ketones is 1. The Labute approximate surface area is 353 Å². The van der Waals surface area contributed by atoms with Crippen LogP contribution < -0.4 is 26.6 Å². The zero-order valence-corrected chi connectivity index (χ0v) is 35.6. The summed E-state index contributed by atoms with van der Waals surface area (Å²) < 4.78 is 10.8. The number of carbonyl (C=O) groups is 7. The first-order valence-electron chi connectivity index (χ1n) is 21.3. The van der Waals surface area contributed by atoms with Gasteiger partial charge >= 0.3 is 12.1 Å². The summed E-state index contributed by atoms with van der Waals surface area (Å²) in [6, 6.07) is 10.3. The summed E-state index contributed by atoms with van der Waals surface area (Å²) in [5, 5.41) is 13.2. The minimum atomic E-state index is -1.27. The van der Waals surface area contributed by atoms with Gasteiger partial charge in [-0.05, 0) is 93.9 Å². The summed E-state index contributed by atoms with van der Waals surface area (Å²) in [6.07, 6.45) is 9.85. The van der Waals surface area contributed by atoms with Crippen molar-refractivity contribution >= 4 is 41.5 Å². The number of amides is 5. The number of ether oxygens (including phenoxy) is 2. The number of hydrogen-bond donors (Lipinski definition) is 5. The molecular formula is C46H63N5O9. The fraction of sp³-hybridized carbons (Fsp3) is 0.543. The van der Waals surface area contributed by atoms with Crippen LogP contribution in [0.3, 0.4) is 0 Å². The smallest absolute Gasteiger partial charge is 0.408 e. The maximum Gasteiger partial charge on any atom is 0.408 e. The molecule has 2 aromatic carbocycles. The van der Waals surface area contributed by atoms with Gasteiger partial charge in [-0.1, -0.05) is 93.6 Å². The van der Waals surface area contributed by atoms with E-state index in [2.05, 4.69) is 39.2 Å². The fourth-order valence-electron chi connectivity index (χ4n) is 7.65. The van der Waals surface area contributed by atoms with Gasteiger partial charge in [0.05, 0.1) is 12.6 Å². The lowest BCUT2D eigenvalue weighted by atomic mass is 9.83. The van der Waals surface area contributed by atoms with Gasteiger partial charge in [-0.3, -0.25) is 24.0 Å². The Morgan fingerprint density at radius 3 is 2.20 bits per heavy atom. The molecule has 4 atom stereocenters. The quantitative estimate of drug-likeness (QED) is 0.0705. The molecule has 2 aromatic rings. The maximum atomic E-state index is 14.3. The van der Waals surface area contributed by atoms with Gasteiger partial charge in [0.15, 0.2) is 0 Å². The molecule has 5 N–H and O–H groups in total. The molecule has 0 saturated heterocycles. The van der Waals surface area contributed by atoms with Gasteiger partial charge in [0, 0.05) is 6.42 Å². The Morgan fingerprint density at radius 2 is 1.52 bits per heavy atom. The van der Waals surface area contributed by atoms with Crippen molar-refractivity contribution in [2.75, 3.05) is 6.54 Å². The third-order valence-corrected chi connectivity index (χ3v) is 10.8. The number of benzene rings is 2. The maximum absolute atomic E-state index is 14.3. The number of carbonyl (C=O) groups excluding carboxylic acids is 7. The van der Waals surface area contributed by atoms with Crippen LogP contribution in [0, 0.1) is 5.92 Å². The zero-order valence-electron chi connectivity index (χ0n) is 35.6. The molecule has 60 heavy (non-hydrogen) atoms. The number of hydrogen-bond acceptors (Lipinski definition) is 9. The fourth-order valence-corrected chi connectivity index (χ4v) is 7.65. The Hall–Kier alpha value is -5.53. The third kappa shape index (κ3) is 14.9. The summed E-state index contributed by atoms with van der Waals surface area (Å²) in [5.74, 6) is -4.99. The van der Waals surface area contributed by atoms with Crippen molar-refractivity contribution in [1.82, 2.24) is 26.6 Å². The highest BCUT2D eigenvalue weighted by Crippen LogP contribution is 2.28. The molecule has 2 aliphatic rings. The second-order valence-corrected chi connectivity index (χ2v) is 16.7. The van der Waals surface area contributed by atoms with E-state index in [1.165, 1.54) is 11.6 Å². The first kappa shape index (κ1) is 47.2. The first-order chi connectivity index (χ1) is 28.7. The van der Waals surface area contributed by atoms with E-state index in [9.17, 15) is 33.6 Å². The summed E-state index contributed by atoms with van der Waals surface area (Å²) in [4.78, 5) is 93.9. The molecule has 14 nitrogen and oxygen atoms in total. The van der Waals surface area contributed by atoms with Crippen LogP contribution in [0.25, 0.3) is 0 Å². The minimum absolute atomic E-state index is 0.0157. The minimum Gasteiger partial charge on any atom is -0.459 e. The molecule has 2 aliphatic carbocycles. The molecule has 326 valence electrons. The van der Waals surface area contributed by atoms with Crippen molar-refractivity contribution in [2.24, 2.45) is 5.92 Å². The number of fused-ring (bicyclic) bond motifs is 1. The molecular weight excluding hydrogens is 767 g/mol. The van der Waals surface area contributed by atoms with Crippen LogP contribution >= 0.6 is 0 Å². The van der Waals surface area contributed by atoms with Gasteiger partial charge in [-0.25, -0.2) is 9.59 Å². The van der Waals surface area contributed by atoms with Crippen LogP contribution in [0.1, 0.15) is 114 Å². The number of esters is 1. The average molecular weight is 830 g/mol. The van der Waals surface area contributed by atoms with Crippen molar-refractivity contribution in [1.29, 1.82) is 0 Å². The van der Waals surface area contributed by atoms with Gasteiger partial charge in [-0.2, -0.15) is 0 Å². The predicted octanol–water partition coefficient (Wildman–Crippen LogP) is 4.84. The van der Waals surface area contributed by atoms with Gasteiger partial charge in [0.1, 0.15) is 30.3 Å². The molecule has 0 bridgehead atoms. The Balaban J connectivity index is 1.48. The van der Waals surface area contributed by atoms with Gasteiger partial charge in [0.2, 0.25) is 23.5 Å². The largest absolute Gasteiger partial charge is 0.459 e. The van der Waals surface area contributed by atoms with E-state index in [0.717, 1.165) is 61.6 Å². The molecule has 0 spiro atoms. The molecule has 0 heterocycles. The van der Waals surface area contributed by atoms with Crippen LogP contribution in [0.15, 0.2) is 61.2 Å². The Kier molecular flexibility index (Phi) is 18.3. The number of unbranched alkanes of at least 4 members (excludes halogenated alkanes) is 1. The highest BCUT2D eigenvalue weighted by atomic mass is 16.6. The standard InChI is InChI=1S/C46H63N5O9/c1-6-8-26-36(40(53)43(56)47-28-38(52)48-35(7-2)44(57)59-29-30-18-11-9-12-19-30)49-41(54)37(27-33-24-17-23-31-20-15-16-25-34(31)33)50-42(55)39(32-21-13-10-14-22-32)51-45(58)60-46(3,4)5/h7,9,11-12,17-19,23-24,32,35-37,39H,2,6,8,10,13-16,20-22,25-29H2,1,3-5H3,(H,47,56)(H,48,52)(H,49,54)(H,50,55)(H,51,58)/t35-,36?,37-,39-/m0/s1. The molecule has 0 aromatic heterocycles. The molecule has 1 unspecified atom stereocenters. The molecule has 4 rings (SSSR count). The normalized spacial score (nSPS) is 16.0. The van der Waals surface area contributed by atoms with Crippen LogP contribution in [-0.2, 0) is 64.1 Å². The van der Waals surface area contributed by atoms with Gasteiger partial charge in [-0.15, -0.1) is 6.58 Å². The molecule has 5 amide bonds. The van der Waals surface area contributed by atoms with Gasteiger partial charge in [0.25, 0.3) is 5.91 Å². The van der Waals surface area contributed by atoms with E-state index in [0.29, 0.717) is 25.7 Å². The molecule has 1 fully saturated rings. The molecule has 1 saturated carbocycles. The molecule has 0 aliphatic heterocycles. The number of rotatable bonds is 20. The van der Waals surface area contributed by atoms with Crippen molar-refractivity contribution < 1.29 is 43.0 Å². The van der Waals surface area contributed by atoms with E-state index in [4.69, 9.17) is 9.47 Å². The molecule has 0 radical (unpaired) electrons. The van der Waals surface area contributed by atoms with Crippen molar-refractivity contribution in [3.8, 4) is 0 Å². The van der Waals surface area contributed by atoms with Gasteiger partial charge < -0.3 is 36.1 Å². The average Bonchev–Trinajstić information content (AvgIpc) is 3.23. The second kappa shape index (κ2) is 23.3. The van der Waals surface area contributed by atoms with E-state index < -0.39 is 77.8 Å². The van der Waals surface area contributed by atoms with E-state index in [-0.39, 0.29) is 25.4 Å². The first-order valence-corrected chi connectivity index (χ1v) is 21.3. The highest BCUT2D eigenvalue weighted by Gasteiger charge is 2.36. The Bertz CT molecular complexity index is 1820. The number of Topliss-reactive ketones (excluding diaryl/α,β-unsaturated/α-hetero) is 1. The monoisotopic (exact) mass is 829 g/mol. The van der Waals surface area contributed by atoms with Crippen LogP contribution in [0.2, 0.25) is 0 Å². The summed E-state index contributed by atoms with van der Waals surface area (Å²) in [6.45, 7) is 10.0. The van der Waals surface area contributed by atoms with Crippen LogP contribution in [0.5, 0.6) is 0 Å². The summed E-state index contributed by atoms with van der Waals surface area (Å²) in [5.41, 5.74) is 3.17. The predicted molar refractivity (Wildman–Crippen MR) is 226 cm³/mol. The van der Waals surface area contributed by atoms with Crippen LogP contribution in [-0.4, -0.2) is 77.8 Å². The van der Waals surface area contributed by atoms with E-state index in [1.54, 1.807) is 45.0 Å². The highest BCUT2D eigenvalue weighted by molar-refractivity contribution is 6.38. The SMILES string of the molecule is C=C[C@H](NC(=O)CNC(=O)C(=O)C(CCCC)NC(=O)[C@H](Cc1cccc2c1CCCC2)NC(=O)[C@@H](NC(=O)OC(C)(C)C)C1CCCCC1)C(=O)OCc1ccccc1. The lowest BCUT2D eigenvalue weighted by Gasteiger charge is -2.32. The van der Waals surface area contributed by atoms with Crippen molar-refractivity contribution in [3.63, 3.8) is 0 Å². The number of nitrogens with one attached hydrogen (secondary N) is 5. The number of alkyl carbamates (subject to hydrolysis) is 1. The second-order valence-electron chi connectivity index (χ2n) is 16.7. The summed E-state index contributed by atoms with van der Waals surface area (Å²) >= 11 is 0. The van der Waals surface area contributed by atoms with Crippen LogP contribution in [0.4, 0.5) is 4.79 Å². The zero-order chi connectivity index (χ0) is 43.7. The Morgan fingerprint density at radius 1 is 0.817 bits per heavy atom. The van der Waals surface area contributed by atoms with Crippen molar-refractivity contribution in [2.45, 2.75) is 148 Å². The topological polar surface area (TPSA) is 198 Å². The molecule has 14 heteroatoms. The van der Waals surface area contributed by atoms with E-state index in [1.807, 2.05) is 25.1 Å². The van der Waals surface area contributed by atoms with Crippen molar-refractivity contribution in [3.05, 3.63) is 83.4 Å². The third-order valence-electron chi connectivity index (χ3n) is 10.8. The number of aryl methyl sites for hydroxylation is 1. The summed E-state index contributed by atoms with van der Waals surface area (Å²) in [7, 11) is 0. The lowest BCUT2D eigenvalue weighted by molar-refractivity contribution is -0.147. The van der Waals surface area contributed by atoms with E-state index >= 15 is 0 Å². The lowest BCUT2D eigenvalue weighted by Crippen LogP contribution is -2.59.